The molecule has 1 amide bonds. The number of nitrogens with one attached hydrogen (secondary N) is 2. The van der Waals surface area contributed by atoms with Gasteiger partial charge in [0.25, 0.3) is 0 Å². The molecule has 2 rings (SSSR count). The van der Waals surface area contributed by atoms with Gasteiger partial charge in [-0.25, -0.2) is 0 Å². The maximum absolute atomic E-state index is 12.8. The van der Waals surface area contributed by atoms with E-state index >= 15 is 0 Å². The predicted molar refractivity (Wildman–Crippen MR) is 89.2 cm³/mol. The van der Waals surface area contributed by atoms with E-state index < -0.39 is 5.41 Å². The predicted octanol–water partition coefficient (Wildman–Crippen LogP) is 2.05. The second kappa shape index (κ2) is 8.17. The van der Waals surface area contributed by atoms with Gasteiger partial charge in [0.1, 0.15) is 0 Å². The summed E-state index contributed by atoms with van der Waals surface area (Å²) < 4.78 is 16.1. The third kappa shape index (κ3) is 4.14. The van der Waals surface area contributed by atoms with Crippen LogP contribution in [0.1, 0.15) is 19.8 Å². The second-order valence-electron chi connectivity index (χ2n) is 5.72. The molecule has 23 heavy (non-hydrogen) atoms. The molecular weight excluding hydrogens is 296 g/mol. The lowest BCUT2D eigenvalue weighted by Crippen LogP contribution is -2.47. The first-order valence-corrected chi connectivity index (χ1v) is 7.97. The molecule has 0 radical (unpaired) electrons. The molecule has 0 atom stereocenters. The Morgan fingerprint density at radius 3 is 2.61 bits per heavy atom. The zero-order valence-electron chi connectivity index (χ0n) is 14.1. The molecule has 1 aromatic rings. The first-order valence-electron chi connectivity index (χ1n) is 7.97. The molecule has 6 heteroatoms. The number of carbonyl (C=O) groups excluding carboxylic acids is 1. The number of carbonyl (C=O) groups is 1. The van der Waals surface area contributed by atoms with Crippen LogP contribution in [0.3, 0.4) is 0 Å². The third-order valence-corrected chi connectivity index (χ3v) is 4.18. The van der Waals surface area contributed by atoms with E-state index in [0.717, 1.165) is 25.9 Å². The van der Waals surface area contributed by atoms with E-state index in [9.17, 15) is 4.79 Å². The molecule has 0 aromatic heterocycles. The topological polar surface area (TPSA) is 68.8 Å². The standard InChI is InChI=1S/C17H26N2O4/c1-4-23-15-11-13(5-6-14(15)22-3)19-16(20)17(12-21-2)7-9-18-10-8-17/h5-6,11,18H,4,7-10,12H2,1-3H3,(H,19,20). The summed E-state index contributed by atoms with van der Waals surface area (Å²) in [6.07, 6.45) is 1.53. The van der Waals surface area contributed by atoms with Crippen molar-refractivity contribution >= 4 is 11.6 Å². The highest BCUT2D eigenvalue weighted by atomic mass is 16.5. The number of hydrogen-bond donors (Lipinski definition) is 2. The van der Waals surface area contributed by atoms with Crippen molar-refractivity contribution in [3.05, 3.63) is 18.2 Å². The van der Waals surface area contributed by atoms with Gasteiger partial charge in [0.2, 0.25) is 5.91 Å². The van der Waals surface area contributed by atoms with Crippen molar-refractivity contribution in [3.8, 4) is 11.5 Å². The molecule has 0 saturated carbocycles. The van der Waals surface area contributed by atoms with E-state index in [0.29, 0.717) is 30.4 Å². The monoisotopic (exact) mass is 322 g/mol. The fourth-order valence-corrected chi connectivity index (χ4v) is 2.91. The van der Waals surface area contributed by atoms with E-state index in [-0.39, 0.29) is 5.91 Å². The Morgan fingerprint density at radius 1 is 1.26 bits per heavy atom. The van der Waals surface area contributed by atoms with Gasteiger partial charge in [-0.3, -0.25) is 4.79 Å². The Labute approximate surface area is 137 Å². The molecule has 1 fully saturated rings. The lowest BCUT2D eigenvalue weighted by atomic mass is 9.78. The number of piperidine rings is 1. The zero-order chi connectivity index (χ0) is 16.7. The van der Waals surface area contributed by atoms with E-state index in [4.69, 9.17) is 14.2 Å². The van der Waals surface area contributed by atoms with E-state index in [2.05, 4.69) is 10.6 Å². The number of methoxy groups -OCH3 is 2. The molecule has 6 nitrogen and oxygen atoms in total. The average Bonchev–Trinajstić information content (AvgIpc) is 2.56. The first-order chi connectivity index (χ1) is 11.1. The maximum atomic E-state index is 12.8. The number of ether oxygens (including phenoxy) is 3. The Balaban J connectivity index is 2.16. The molecule has 1 aromatic carbocycles. The van der Waals surface area contributed by atoms with Crippen LogP contribution < -0.4 is 20.1 Å². The van der Waals surface area contributed by atoms with Crippen molar-refractivity contribution < 1.29 is 19.0 Å². The van der Waals surface area contributed by atoms with Crippen molar-refractivity contribution in [2.75, 3.05) is 45.8 Å². The molecule has 0 aliphatic carbocycles. The van der Waals surface area contributed by atoms with E-state index in [1.807, 2.05) is 13.0 Å². The van der Waals surface area contributed by atoms with Gasteiger partial charge in [-0.05, 0) is 45.0 Å². The number of hydrogen-bond acceptors (Lipinski definition) is 5. The van der Waals surface area contributed by atoms with Crippen LogP contribution in [0.25, 0.3) is 0 Å². The number of rotatable bonds is 7. The summed E-state index contributed by atoms with van der Waals surface area (Å²) in [6, 6.07) is 5.41. The van der Waals surface area contributed by atoms with Crippen LogP contribution in [0.2, 0.25) is 0 Å². The van der Waals surface area contributed by atoms with Gasteiger partial charge in [-0.2, -0.15) is 0 Å². The Hall–Kier alpha value is -1.79. The minimum absolute atomic E-state index is 0.00605. The third-order valence-electron chi connectivity index (χ3n) is 4.18. The van der Waals surface area contributed by atoms with Gasteiger partial charge in [0.15, 0.2) is 11.5 Å². The highest BCUT2D eigenvalue weighted by Crippen LogP contribution is 2.33. The van der Waals surface area contributed by atoms with Gasteiger partial charge in [0, 0.05) is 18.9 Å². The Bertz CT molecular complexity index is 522. The van der Waals surface area contributed by atoms with Crippen molar-refractivity contribution in [2.45, 2.75) is 19.8 Å². The molecular formula is C17H26N2O4. The van der Waals surface area contributed by atoms with Crippen molar-refractivity contribution in [1.29, 1.82) is 0 Å². The quantitative estimate of drug-likeness (QED) is 0.804. The van der Waals surface area contributed by atoms with Gasteiger partial charge < -0.3 is 24.8 Å². The smallest absolute Gasteiger partial charge is 0.233 e. The molecule has 0 spiro atoms. The van der Waals surface area contributed by atoms with Gasteiger partial charge in [0.05, 0.1) is 25.7 Å². The summed E-state index contributed by atoms with van der Waals surface area (Å²) >= 11 is 0. The largest absolute Gasteiger partial charge is 0.493 e. The van der Waals surface area contributed by atoms with Crippen molar-refractivity contribution in [1.82, 2.24) is 5.32 Å². The fourth-order valence-electron chi connectivity index (χ4n) is 2.91. The number of anilines is 1. The highest BCUT2D eigenvalue weighted by molar-refractivity contribution is 5.95. The minimum Gasteiger partial charge on any atom is -0.493 e. The van der Waals surface area contributed by atoms with Crippen molar-refractivity contribution in [3.63, 3.8) is 0 Å². The Morgan fingerprint density at radius 2 is 2.00 bits per heavy atom. The molecule has 1 heterocycles. The van der Waals surface area contributed by atoms with Crippen LogP contribution in [0, 0.1) is 5.41 Å². The van der Waals surface area contributed by atoms with Crippen LogP contribution >= 0.6 is 0 Å². The van der Waals surface area contributed by atoms with E-state index in [1.54, 1.807) is 26.4 Å². The van der Waals surface area contributed by atoms with Crippen LogP contribution in [0.4, 0.5) is 5.69 Å². The van der Waals surface area contributed by atoms with Crippen molar-refractivity contribution in [2.24, 2.45) is 5.41 Å². The molecule has 0 bridgehead atoms. The average molecular weight is 322 g/mol. The summed E-state index contributed by atoms with van der Waals surface area (Å²) in [7, 11) is 3.23. The lowest BCUT2D eigenvalue weighted by Gasteiger charge is -2.35. The SMILES string of the molecule is CCOc1cc(NC(=O)C2(COC)CCNCC2)ccc1OC. The summed E-state index contributed by atoms with van der Waals surface area (Å²) in [5.74, 6) is 1.27. The summed E-state index contributed by atoms with van der Waals surface area (Å²) in [6.45, 7) is 4.52. The maximum Gasteiger partial charge on any atom is 0.233 e. The normalized spacial score (nSPS) is 16.7. The van der Waals surface area contributed by atoms with Crippen LogP contribution in [-0.2, 0) is 9.53 Å². The number of amides is 1. The number of benzene rings is 1. The van der Waals surface area contributed by atoms with Crippen LogP contribution in [-0.4, -0.2) is 46.4 Å². The summed E-state index contributed by atoms with van der Waals surface area (Å²) in [4.78, 5) is 12.8. The molecule has 128 valence electrons. The molecule has 1 aliphatic rings. The first kappa shape index (κ1) is 17.6. The van der Waals surface area contributed by atoms with Gasteiger partial charge in [-0.15, -0.1) is 0 Å². The lowest BCUT2D eigenvalue weighted by molar-refractivity contribution is -0.130. The summed E-state index contributed by atoms with van der Waals surface area (Å²) in [5, 5.41) is 6.29. The molecule has 1 aliphatic heterocycles. The fraction of sp³-hybridized carbons (Fsp3) is 0.588. The Kier molecular flexibility index (Phi) is 6.24. The molecule has 2 N–H and O–H groups in total. The molecule has 0 unspecified atom stereocenters. The molecule has 1 saturated heterocycles. The zero-order valence-corrected chi connectivity index (χ0v) is 14.1. The van der Waals surface area contributed by atoms with E-state index in [1.165, 1.54) is 0 Å². The van der Waals surface area contributed by atoms with Crippen LogP contribution in [0.15, 0.2) is 18.2 Å². The minimum atomic E-state index is -0.480. The van der Waals surface area contributed by atoms with Crippen LogP contribution in [0.5, 0.6) is 11.5 Å². The van der Waals surface area contributed by atoms with Gasteiger partial charge in [-0.1, -0.05) is 0 Å². The van der Waals surface area contributed by atoms with Gasteiger partial charge >= 0.3 is 0 Å². The summed E-state index contributed by atoms with van der Waals surface area (Å²) in [5.41, 5.74) is 0.222. The second-order valence-corrected chi connectivity index (χ2v) is 5.72. The highest BCUT2D eigenvalue weighted by Gasteiger charge is 2.39.